The molecule has 2 heterocycles. The summed E-state index contributed by atoms with van der Waals surface area (Å²) in [6.45, 7) is 5.86. The van der Waals surface area contributed by atoms with Gasteiger partial charge >= 0.3 is 0 Å². The van der Waals surface area contributed by atoms with Crippen molar-refractivity contribution in [1.29, 1.82) is 0 Å². The van der Waals surface area contributed by atoms with E-state index in [-0.39, 0.29) is 23.8 Å². The van der Waals surface area contributed by atoms with Crippen LogP contribution in [0.15, 0.2) is 0 Å². The summed E-state index contributed by atoms with van der Waals surface area (Å²) in [7, 11) is 0. The largest absolute Gasteiger partial charge is 0.354 e. The second-order valence-electron chi connectivity index (χ2n) is 7.17. The number of nitrogens with one attached hydrogen (secondary N) is 1. The van der Waals surface area contributed by atoms with Crippen molar-refractivity contribution < 1.29 is 9.59 Å². The molecule has 0 radical (unpaired) electrons. The number of rotatable bonds is 6. The van der Waals surface area contributed by atoms with Crippen LogP contribution in [0.2, 0.25) is 5.02 Å². The van der Waals surface area contributed by atoms with Crippen molar-refractivity contribution in [2.45, 2.75) is 65.0 Å². The summed E-state index contributed by atoms with van der Waals surface area (Å²) in [6, 6.07) is -0.287. The van der Waals surface area contributed by atoms with Crippen LogP contribution in [0.5, 0.6) is 0 Å². The fourth-order valence-corrected chi connectivity index (χ4v) is 3.62. The molecule has 1 N–H and O–H groups in total. The Labute approximate surface area is 153 Å². The van der Waals surface area contributed by atoms with Gasteiger partial charge in [0.25, 0.3) is 0 Å². The summed E-state index contributed by atoms with van der Waals surface area (Å²) in [5.74, 6) is 0.335. The summed E-state index contributed by atoms with van der Waals surface area (Å²) < 4.78 is 1.88. The van der Waals surface area contributed by atoms with Crippen molar-refractivity contribution in [2.75, 3.05) is 13.1 Å². The highest BCUT2D eigenvalue weighted by Gasteiger charge is 2.39. The number of aryl methyl sites for hydroxylation is 2. The number of carbonyl (C=O) groups is 2. The summed E-state index contributed by atoms with van der Waals surface area (Å²) in [6.07, 6.45) is 5.53. The van der Waals surface area contributed by atoms with E-state index < -0.39 is 0 Å². The molecule has 0 aromatic carbocycles. The first-order valence-electron chi connectivity index (χ1n) is 9.26. The molecule has 1 saturated heterocycles. The monoisotopic (exact) mass is 366 g/mol. The minimum Gasteiger partial charge on any atom is -0.354 e. The predicted molar refractivity (Wildman–Crippen MR) is 96.4 cm³/mol. The van der Waals surface area contributed by atoms with Crippen LogP contribution in [0.3, 0.4) is 0 Å². The van der Waals surface area contributed by atoms with Gasteiger partial charge in [-0.25, -0.2) is 0 Å². The molecule has 7 heteroatoms. The average Bonchev–Trinajstić information content (AvgIpc) is 3.43. The molecule has 3 rings (SSSR count). The SMILES string of the molecule is Cc1nn(CCCNC(=O)[C@@H]2CCCCN2C(=O)C2CC2)c(C)c1Cl. The van der Waals surface area contributed by atoms with E-state index >= 15 is 0 Å². The molecular weight excluding hydrogens is 340 g/mol. The Bertz CT molecular complexity index is 654. The first-order valence-corrected chi connectivity index (χ1v) is 9.64. The van der Waals surface area contributed by atoms with Gasteiger partial charge in [-0.15, -0.1) is 0 Å². The molecule has 2 fully saturated rings. The van der Waals surface area contributed by atoms with Crippen LogP contribution in [0.25, 0.3) is 0 Å². The first kappa shape index (κ1) is 18.2. The Morgan fingerprint density at radius 1 is 1.24 bits per heavy atom. The summed E-state index contributed by atoms with van der Waals surface area (Å²) in [5, 5.41) is 8.11. The van der Waals surface area contributed by atoms with Gasteiger partial charge < -0.3 is 10.2 Å². The molecule has 1 atom stereocenters. The number of likely N-dealkylation sites (tertiary alicyclic amines) is 1. The maximum absolute atomic E-state index is 12.5. The predicted octanol–water partition coefficient (Wildman–Crippen LogP) is 2.45. The van der Waals surface area contributed by atoms with Crippen LogP contribution in [-0.2, 0) is 16.1 Å². The molecular formula is C18H27ClN4O2. The second kappa shape index (κ2) is 7.77. The molecule has 0 unspecified atom stereocenters. The zero-order chi connectivity index (χ0) is 18.0. The fraction of sp³-hybridized carbons (Fsp3) is 0.722. The maximum atomic E-state index is 12.5. The van der Waals surface area contributed by atoms with Crippen LogP contribution >= 0.6 is 11.6 Å². The molecule has 25 heavy (non-hydrogen) atoms. The van der Waals surface area contributed by atoms with Gasteiger partial charge in [-0.05, 0) is 52.4 Å². The molecule has 2 amide bonds. The second-order valence-corrected chi connectivity index (χ2v) is 7.55. The quantitative estimate of drug-likeness (QED) is 0.786. The van der Waals surface area contributed by atoms with E-state index in [0.29, 0.717) is 11.6 Å². The van der Waals surface area contributed by atoms with Crippen molar-refractivity contribution in [2.24, 2.45) is 5.92 Å². The molecule has 2 aliphatic rings. The third-order valence-electron chi connectivity index (χ3n) is 5.15. The fourth-order valence-electron chi connectivity index (χ4n) is 3.48. The molecule has 6 nitrogen and oxygen atoms in total. The number of amides is 2. The van der Waals surface area contributed by atoms with Crippen LogP contribution in [0, 0.1) is 19.8 Å². The van der Waals surface area contributed by atoms with Crippen molar-refractivity contribution in [3.63, 3.8) is 0 Å². The summed E-state index contributed by atoms with van der Waals surface area (Å²) in [4.78, 5) is 26.7. The van der Waals surface area contributed by atoms with E-state index in [0.717, 1.165) is 63.0 Å². The highest BCUT2D eigenvalue weighted by Crippen LogP contribution is 2.33. The minimum atomic E-state index is -0.287. The van der Waals surface area contributed by atoms with Crippen molar-refractivity contribution in [3.05, 3.63) is 16.4 Å². The van der Waals surface area contributed by atoms with Gasteiger partial charge in [0.15, 0.2) is 0 Å². The van der Waals surface area contributed by atoms with E-state index in [4.69, 9.17) is 11.6 Å². The number of nitrogens with zero attached hydrogens (tertiary/aromatic N) is 3. The zero-order valence-corrected chi connectivity index (χ0v) is 15.8. The average molecular weight is 367 g/mol. The lowest BCUT2D eigenvalue weighted by molar-refractivity contribution is -0.143. The van der Waals surface area contributed by atoms with Crippen molar-refractivity contribution >= 4 is 23.4 Å². The van der Waals surface area contributed by atoms with Crippen LogP contribution < -0.4 is 5.32 Å². The van der Waals surface area contributed by atoms with Gasteiger partial charge in [-0.3, -0.25) is 14.3 Å². The Balaban J connectivity index is 1.47. The third kappa shape index (κ3) is 4.17. The molecule has 0 bridgehead atoms. The number of piperidine rings is 1. The number of carbonyl (C=O) groups excluding carboxylic acids is 2. The van der Waals surface area contributed by atoms with E-state index in [1.807, 2.05) is 23.4 Å². The smallest absolute Gasteiger partial charge is 0.242 e. The van der Waals surface area contributed by atoms with Gasteiger partial charge in [0.2, 0.25) is 11.8 Å². The summed E-state index contributed by atoms with van der Waals surface area (Å²) in [5.41, 5.74) is 1.79. The molecule has 1 aliphatic carbocycles. The lowest BCUT2D eigenvalue weighted by Gasteiger charge is -2.35. The van der Waals surface area contributed by atoms with E-state index in [2.05, 4.69) is 10.4 Å². The van der Waals surface area contributed by atoms with E-state index in [1.54, 1.807) is 0 Å². The normalized spacial score (nSPS) is 20.6. The molecule has 138 valence electrons. The Hall–Kier alpha value is -1.56. The highest BCUT2D eigenvalue weighted by atomic mass is 35.5. The Morgan fingerprint density at radius 2 is 2.00 bits per heavy atom. The lowest BCUT2D eigenvalue weighted by Crippen LogP contribution is -2.52. The zero-order valence-electron chi connectivity index (χ0n) is 15.1. The standard InChI is InChI=1S/C18H27ClN4O2/c1-12-16(19)13(2)23(21-12)11-5-9-20-17(24)15-6-3-4-10-22(15)18(25)14-7-8-14/h14-15H,3-11H2,1-2H3,(H,20,24)/t15-/m0/s1. The van der Waals surface area contributed by atoms with Crippen LogP contribution in [-0.4, -0.2) is 45.6 Å². The first-order chi connectivity index (χ1) is 12.0. The van der Waals surface area contributed by atoms with Crippen molar-refractivity contribution in [3.8, 4) is 0 Å². The van der Waals surface area contributed by atoms with E-state index in [9.17, 15) is 9.59 Å². The maximum Gasteiger partial charge on any atom is 0.242 e. The number of halogens is 1. The molecule has 0 spiro atoms. The van der Waals surface area contributed by atoms with Crippen LogP contribution in [0.4, 0.5) is 0 Å². The highest BCUT2D eigenvalue weighted by molar-refractivity contribution is 6.31. The summed E-state index contributed by atoms with van der Waals surface area (Å²) >= 11 is 6.15. The van der Waals surface area contributed by atoms with Gasteiger partial charge in [-0.1, -0.05) is 11.6 Å². The van der Waals surface area contributed by atoms with Crippen molar-refractivity contribution in [1.82, 2.24) is 20.0 Å². The van der Waals surface area contributed by atoms with Crippen LogP contribution in [0.1, 0.15) is 49.9 Å². The Morgan fingerprint density at radius 3 is 2.64 bits per heavy atom. The van der Waals surface area contributed by atoms with E-state index in [1.165, 1.54) is 0 Å². The number of hydrogen-bond acceptors (Lipinski definition) is 3. The Kier molecular flexibility index (Phi) is 5.67. The van der Waals surface area contributed by atoms with Gasteiger partial charge in [0.05, 0.1) is 16.4 Å². The third-order valence-corrected chi connectivity index (χ3v) is 5.70. The lowest BCUT2D eigenvalue weighted by atomic mass is 10.0. The minimum absolute atomic E-state index is 0.0138. The number of aromatic nitrogens is 2. The molecule has 1 aromatic heterocycles. The van der Waals surface area contributed by atoms with Gasteiger partial charge in [0, 0.05) is 25.6 Å². The molecule has 1 aliphatic heterocycles. The molecule has 1 aromatic rings. The molecule has 1 saturated carbocycles. The topological polar surface area (TPSA) is 67.2 Å². The van der Waals surface area contributed by atoms with Gasteiger partial charge in [-0.2, -0.15) is 5.10 Å². The number of hydrogen-bond donors (Lipinski definition) is 1. The van der Waals surface area contributed by atoms with Gasteiger partial charge in [0.1, 0.15) is 6.04 Å².